The van der Waals surface area contributed by atoms with Crippen LogP contribution in [-0.4, -0.2) is 36.0 Å². The topological polar surface area (TPSA) is 74.6 Å². The fourth-order valence-corrected chi connectivity index (χ4v) is 2.69. The van der Waals surface area contributed by atoms with Crippen LogP contribution in [0.3, 0.4) is 0 Å². The molecule has 7 heteroatoms. The zero-order valence-electron chi connectivity index (χ0n) is 15.0. The highest BCUT2D eigenvalue weighted by molar-refractivity contribution is 5.92. The van der Waals surface area contributed by atoms with Crippen LogP contribution in [0.4, 0.5) is 0 Å². The zero-order valence-corrected chi connectivity index (χ0v) is 15.0. The van der Waals surface area contributed by atoms with Gasteiger partial charge in [-0.1, -0.05) is 13.8 Å². The Hall–Kier alpha value is -2.70. The largest absolute Gasteiger partial charge is 0.496 e. The minimum absolute atomic E-state index is 0.182. The van der Waals surface area contributed by atoms with Crippen molar-refractivity contribution in [3.63, 3.8) is 0 Å². The number of amides is 1. The van der Waals surface area contributed by atoms with Crippen LogP contribution in [0.15, 0.2) is 18.2 Å². The highest BCUT2D eigenvalue weighted by Gasteiger charge is 2.18. The van der Waals surface area contributed by atoms with Gasteiger partial charge in [0.15, 0.2) is 11.5 Å². The van der Waals surface area contributed by atoms with Crippen molar-refractivity contribution in [1.82, 2.24) is 15.1 Å². The zero-order chi connectivity index (χ0) is 18.0. The van der Waals surface area contributed by atoms with Gasteiger partial charge in [0.2, 0.25) is 0 Å². The molecule has 25 heavy (non-hydrogen) atoms. The SMILES string of the molecule is COc1cc2c(cc1CNC(=O)c1cc(C(C)C)nn1C)OCCO2. The van der Waals surface area contributed by atoms with Crippen molar-refractivity contribution in [3.8, 4) is 17.2 Å². The van der Waals surface area contributed by atoms with E-state index in [1.165, 1.54) is 0 Å². The second kappa shape index (κ2) is 7.04. The molecule has 0 aliphatic carbocycles. The summed E-state index contributed by atoms with van der Waals surface area (Å²) in [5.41, 5.74) is 2.25. The van der Waals surface area contributed by atoms with E-state index >= 15 is 0 Å². The van der Waals surface area contributed by atoms with Crippen molar-refractivity contribution in [2.24, 2.45) is 7.05 Å². The minimum Gasteiger partial charge on any atom is -0.496 e. The summed E-state index contributed by atoms with van der Waals surface area (Å²) in [4.78, 5) is 12.5. The van der Waals surface area contributed by atoms with Gasteiger partial charge in [-0.05, 0) is 18.1 Å². The summed E-state index contributed by atoms with van der Waals surface area (Å²) in [6.07, 6.45) is 0. The van der Waals surface area contributed by atoms with Gasteiger partial charge in [0.05, 0.1) is 12.8 Å². The van der Waals surface area contributed by atoms with E-state index < -0.39 is 0 Å². The van der Waals surface area contributed by atoms with E-state index in [9.17, 15) is 4.79 Å². The number of aryl methyl sites for hydroxylation is 1. The fourth-order valence-electron chi connectivity index (χ4n) is 2.69. The van der Waals surface area contributed by atoms with Gasteiger partial charge < -0.3 is 19.5 Å². The molecule has 2 heterocycles. The molecule has 0 atom stereocenters. The molecule has 0 radical (unpaired) electrons. The smallest absolute Gasteiger partial charge is 0.269 e. The number of carbonyl (C=O) groups is 1. The van der Waals surface area contributed by atoms with E-state index in [2.05, 4.69) is 10.4 Å². The van der Waals surface area contributed by atoms with Gasteiger partial charge in [0, 0.05) is 25.2 Å². The van der Waals surface area contributed by atoms with Crippen LogP contribution in [-0.2, 0) is 13.6 Å². The Morgan fingerprint density at radius 2 is 1.96 bits per heavy atom. The van der Waals surface area contributed by atoms with Crippen molar-refractivity contribution >= 4 is 5.91 Å². The standard InChI is InChI=1S/C18H23N3O4/c1-11(2)13-8-14(21(3)20-13)18(22)19-10-12-7-16-17(9-15(12)23-4)25-6-5-24-16/h7-9,11H,5-6,10H2,1-4H3,(H,19,22). The van der Waals surface area contributed by atoms with E-state index in [-0.39, 0.29) is 11.8 Å². The van der Waals surface area contributed by atoms with E-state index in [0.29, 0.717) is 42.7 Å². The third-order valence-corrected chi connectivity index (χ3v) is 4.11. The Labute approximate surface area is 146 Å². The normalized spacial score (nSPS) is 13.0. The van der Waals surface area contributed by atoms with Crippen LogP contribution < -0.4 is 19.5 Å². The molecule has 1 aromatic carbocycles. The highest BCUT2D eigenvalue weighted by Crippen LogP contribution is 2.36. The molecular weight excluding hydrogens is 322 g/mol. The molecule has 1 aliphatic rings. The van der Waals surface area contributed by atoms with Crippen LogP contribution in [0, 0.1) is 0 Å². The molecule has 1 aliphatic heterocycles. The van der Waals surface area contributed by atoms with Gasteiger partial charge in [-0.25, -0.2) is 0 Å². The molecule has 1 aromatic heterocycles. The first-order chi connectivity index (χ1) is 12.0. The second-order valence-corrected chi connectivity index (χ2v) is 6.22. The predicted molar refractivity (Wildman–Crippen MR) is 92.5 cm³/mol. The maximum absolute atomic E-state index is 12.5. The summed E-state index contributed by atoms with van der Waals surface area (Å²) in [5.74, 6) is 2.06. The van der Waals surface area contributed by atoms with E-state index in [0.717, 1.165) is 11.3 Å². The van der Waals surface area contributed by atoms with Gasteiger partial charge >= 0.3 is 0 Å². The van der Waals surface area contributed by atoms with Gasteiger partial charge in [0.1, 0.15) is 24.7 Å². The fraction of sp³-hybridized carbons (Fsp3) is 0.444. The molecule has 0 bridgehead atoms. The Bertz CT molecular complexity index is 783. The minimum atomic E-state index is -0.182. The predicted octanol–water partition coefficient (Wildman–Crippen LogP) is 2.25. The lowest BCUT2D eigenvalue weighted by Crippen LogP contribution is -2.25. The average Bonchev–Trinajstić information content (AvgIpc) is 3.01. The number of rotatable bonds is 5. The molecule has 0 unspecified atom stereocenters. The monoisotopic (exact) mass is 345 g/mol. The number of fused-ring (bicyclic) bond motifs is 1. The molecule has 134 valence electrons. The molecule has 0 saturated heterocycles. The van der Waals surface area contributed by atoms with Crippen LogP contribution in [0.5, 0.6) is 17.2 Å². The van der Waals surface area contributed by atoms with Crippen molar-refractivity contribution in [2.75, 3.05) is 20.3 Å². The third-order valence-electron chi connectivity index (χ3n) is 4.11. The van der Waals surface area contributed by atoms with E-state index in [1.807, 2.05) is 26.0 Å². The number of aromatic nitrogens is 2. The number of nitrogens with zero attached hydrogens (tertiary/aromatic N) is 2. The van der Waals surface area contributed by atoms with Crippen molar-refractivity contribution in [1.29, 1.82) is 0 Å². The first-order valence-corrected chi connectivity index (χ1v) is 8.28. The first kappa shape index (κ1) is 17.1. The van der Waals surface area contributed by atoms with Crippen LogP contribution >= 0.6 is 0 Å². The summed E-state index contributed by atoms with van der Waals surface area (Å²) in [6, 6.07) is 5.45. The van der Waals surface area contributed by atoms with Crippen molar-refractivity contribution in [3.05, 3.63) is 35.2 Å². The van der Waals surface area contributed by atoms with Crippen LogP contribution in [0.2, 0.25) is 0 Å². The van der Waals surface area contributed by atoms with Gasteiger partial charge in [0.25, 0.3) is 5.91 Å². The Morgan fingerprint density at radius 1 is 1.28 bits per heavy atom. The highest BCUT2D eigenvalue weighted by atomic mass is 16.6. The molecule has 7 nitrogen and oxygen atoms in total. The van der Waals surface area contributed by atoms with Crippen molar-refractivity contribution < 1.29 is 19.0 Å². The number of methoxy groups -OCH3 is 1. The van der Waals surface area contributed by atoms with Gasteiger partial charge in [-0.3, -0.25) is 9.48 Å². The summed E-state index contributed by atoms with van der Waals surface area (Å²) in [7, 11) is 3.36. The quantitative estimate of drug-likeness (QED) is 0.900. The summed E-state index contributed by atoms with van der Waals surface area (Å²) < 4.78 is 18.2. The summed E-state index contributed by atoms with van der Waals surface area (Å²) in [6.45, 7) is 5.44. The Kier molecular flexibility index (Phi) is 4.83. The molecule has 0 spiro atoms. The first-order valence-electron chi connectivity index (χ1n) is 8.28. The lowest BCUT2D eigenvalue weighted by atomic mass is 10.1. The number of hydrogen-bond donors (Lipinski definition) is 1. The van der Waals surface area contributed by atoms with Crippen LogP contribution in [0.25, 0.3) is 0 Å². The number of hydrogen-bond acceptors (Lipinski definition) is 5. The number of carbonyl (C=O) groups excluding carboxylic acids is 1. The maximum Gasteiger partial charge on any atom is 0.269 e. The molecule has 1 N–H and O–H groups in total. The van der Waals surface area contributed by atoms with E-state index in [1.54, 1.807) is 24.9 Å². The molecule has 2 aromatic rings. The Balaban J connectivity index is 1.76. The molecular formula is C18H23N3O4. The summed E-state index contributed by atoms with van der Waals surface area (Å²) in [5, 5.41) is 7.29. The van der Waals surface area contributed by atoms with E-state index in [4.69, 9.17) is 14.2 Å². The number of nitrogens with one attached hydrogen (secondary N) is 1. The second-order valence-electron chi connectivity index (χ2n) is 6.22. The maximum atomic E-state index is 12.5. The van der Waals surface area contributed by atoms with Gasteiger partial charge in [-0.15, -0.1) is 0 Å². The number of benzene rings is 1. The molecule has 0 saturated carbocycles. The molecule has 3 rings (SSSR count). The number of ether oxygens (including phenoxy) is 3. The average molecular weight is 345 g/mol. The lowest BCUT2D eigenvalue weighted by molar-refractivity contribution is 0.0941. The Morgan fingerprint density at radius 3 is 2.56 bits per heavy atom. The summed E-state index contributed by atoms with van der Waals surface area (Å²) >= 11 is 0. The molecule has 0 fully saturated rings. The molecule has 1 amide bonds. The van der Waals surface area contributed by atoms with Crippen molar-refractivity contribution in [2.45, 2.75) is 26.3 Å². The lowest BCUT2D eigenvalue weighted by Gasteiger charge is -2.20. The third kappa shape index (κ3) is 3.55. The van der Waals surface area contributed by atoms with Crippen LogP contribution in [0.1, 0.15) is 41.5 Å². The van der Waals surface area contributed by atoms with Gasteiger partial charge in [-0.2, -0.15) is 5.10 Å².